The largest absolute Gasteiger partial charge is 0.486 e. The maximum Gasteiger partial charge on any atom is 0.194 e. The van der Waals surface area contributed by atoms with Crippen LogP contribution in [0.5, 0.6) is 5.75 Å². The van der Waals surface area contributed by atoms with Gasteiger partial charge in [0, 0.05) is 27.2 Å². The molecule has 0 radical (unpaired) electrons. The molecule has 0 bridgehead atoms. The van der Waals surface area contributed by atoms with Gasteiger partial charge in [0.25, 0.3) is 0 Å². The Labute approximate surface area is 171 Å². The van der Waals surface area contributed by atoms with Crippen LogP contribution in [-0.2, 0) is 4.79 Å². The molecule has 28 heavy (non-hydrogen) atoms. The first kappa shape index (κ1) is 19.7. The zero-order valence-electron chi connectivity index (χ0n) is 14.9. The summed E-state index contributed by atoms with van der Waals surface area (Å²) in [5.74, 6) is -1.00. The van der Waals surface area contributed by atoms with Crippen molar-refractivity contribution in [1.29, 1.82) is 5.26 Å². The third-order valence-corrected chi connectivity index (χ3v) is 5.22. The molecular weight excluding hydrogens is 396 g/mol. The molecule has 0 N–H and O–H groups in total. The fraction of sp³-hybridized carbons (Fsp3) is 0.143. The number of aromatic nitrogens is 1. The molecule has 0 spiro atoms. The van der Waals surface area contributed by atoms with E-state index in [1.54, 1.807) is 53.9 Å². The lowest BCUT2D eigenvalue weighted by Crippen LogP contribution is -2.19. The number of halogens is 1. The molecule has 0 aliphatic rings. The van der Waals surface area contributed by atoms with Crippen LogP contribution in [-0.4, -0.2) is 23.2 Å². The van der Waals surface area contributed by atoms with Gasteiger partial charge in [-0.15, -0.1) is 11.3 Å². The maximum absolute atomic E-state index is 12.4. The van der Waals surface area contributed by atoms with Crippen LogP contribution in [0.4, 0.5) is 0 Å². The lowest BCUT2D eigenvalue weighted by molar-refractivity contribution is -0.121. The number of ketones is 2. The zero-order valence-corrected chi connectivity index (χ0v) is 16.5. The van der Waals surface area contributed by atoms with Crippen molar-refractivity contribution in [1.82, 2.24) is 4.98 Å². The number of hydrogen-bond donors (Lipinski definition) is 0. The summed E-state index contributed by atoms with van der Waals surface area (Å²) in [6.45, 7) is 1.56. The zero-order chi connectivity index (χ0) is 20.1. The highest BCUT2D eigenvalue weighted by Crippen LogP contribution is 2.22. The summed E-state index contributed by atoms with van der Waals surface area (Å²) >= 11 is 7.12. The van der Waals surface area contributed by atoms with E-state index >= 15 is 0 Å². The second-order valence-electron chi connectivity index (χ2n) is 6.00. The van der Waals surface area contributed by atoms with Crippen LogP contribution in [0.3, 0.4) is 0 Å². The first-order chi connectivity index (χ1) is 13.5. The van der Waals surface area contributed by atoms with E-state index in [0.717, 1.165) is 5.69 Å². The molecule has 1 aromatic heterocycles. The molecule has 1 unspecified atom stereocenters. The van der Waals surface area contributed by atoms with Crippen molar-refractivity contribution in [3.8, 4) is 11.8 Å². The number of benzene rings is 2. The van der Waals surface area contributed by atoms with Gasteiger partial charge in [0.2, 0.25) is 0 Å². The average Bonchev–Trinajstić information content (AvgIpc) is 3.13. The van der Waals surface area contributed by atoms with Gasteiger partial charge >= 0.3 is 0 Å². The van der Waals surface area contributed by atoms with Gasteiger partial charge in [-0.05, 0) is 55.5 Å². The number of Topliss-reactive ketones (excluding diaryl/α,β-unsaturated/α-hetero) is 1. The number of thiazole rings is 1. The van der Waals surface area contributed by atoms with Crippen LogP contribution in [0.2, 0.25) is 5.02 Å². The molecule has 5 nitrogen and oxygen atoms in total. The van der Waals surface area contributed by atoms with Crippen molar-refractivity contribution in [3.05, 3.63) is 80.8 Å². The Kier molecular flexibility index (Phi) is 6.19. The Hall–Kier alpha value is -3.01. The predicted octanol–water partition coefficient (Wildman–Crippen LogP) is 4.59. The number of carbonyl (C=O) groups is 2. The summed E-state index contributed by atoms with van der Waals surface area (Å²) in [5.41, 5.74) is 1.80. The molecule has 140 valence electrons. The third kappa shape index (κ3) is 4.63. The lowest BCUT2D eigenvalue weighted by atomic mass is 10.0. The number of nitrogens with zero attached hydrogens (tertiary/aromatic N) is 2. The molecule has 2 aromatic carbocycles. The summed E-state index contributed by atoms with van der Waals surface area (Å²) in [6, 6.07) is 15.1. The minimum atomic E-state index is -0.940. The molecule has 0 aliphatic carbocycles. The molecule has 1 heterocycles. The maximum atomic E-state index is 12.4. The molecule has 1 atom stereocenters. The van der Waals surface area contributed by atoms with Crippen molar-refractivity contribution in [2.45, 2.75) is 12.8 Å². The van der Waals surface area contributed by atoms with Crippen molar-refractivity contribution in [2.24, 2.45) is 0 Å². The first-order valence-electron chi connectivity index (χ1n) is 8.35. The van der Waals surface area contributed by atoms with E-state index in [-0.39, 0.29) is 18.2 Å². The Morgan fingerprint density at radius 3 is 2.29 bits per heavy atom. The number of rotatable bonds is 7. The summed E-state index contributed by atoms with van der Waals surface area (Å²) in [7, 11) is 0. The van der Waals surface area contributed by atoms with Crippen molar-refractivity contribution < 1.29 is 14.3 Å². The van der Waals surface area contributed by atoms with Crippen molar-refractivity contribution >= 4 is 34.5 Å². The van der Waals surface area contributed by atoms with E-state index in [1.165, 1.54) is 11.3 Å². The highest BCUT2D eigenvalue weighted by molar-refractivity contribution is 7.09. The first-order valence-corrected chi connectivity index (χ1v) is 9.61. The molecule has 3 rings (SSSR count). The van der Waals surface area contributed by atoms with Crippen LogP contribution >= 0.6 is 22.9 Å². The van der Waals surface area contributed by atoms with Crippen LogP contribution < -0.4 is 4.74 Å². The molecule has 0 aliphatic heterocycles. The van der Waals surface area contributed by atoms with E-state index in [2.05, 4.69) is 4.98 Å². The van der Waals surface area contributed by atoms with Gasteiger partial charge in [-0.3, -0.25) is 9.59 Å². The Balaban J connectivity index is 1.62. The quantitative estimate of drug-likeness (QED) is 0.532. The minimum Gasteiger partial charge on any atom is -0.486 e. The fourth-order valence-corrected chi connectivity index (χ4v) is 3.46. The van der Waals surface area contributed by atoms with E-state index in [9.17, 15) is 14.9 Å². The molecule has 3 aromatic rings. The summed E-state index contributed by atoms with van der Waals surface area (Å²) in [6.07, 6.45) is 0. The summed E-state index contributed by atoms with van der Waals surface area (Å²) in [5, 5.41) is 12.1. The van der Waals surface area contributed by atoms with Crippen molar-refractivity contribution in [3.63, 3.8) is 0 Å². The van der Waals surface area contributed by atoms with Crippen LogP contribution in [0.1, 0.15) is 32.5 Å². The second-order valence-corrected chi connectivity index (χ2v) is 7.33. The average molecular weight is 411 g/mol. The predicted molar refractivity (Wildman–Crippen MR) is 107 cm³/mol. The van der Waals surface area contributed by atoms with Gasteiger partial charge in [-0.2, -0.15) is 5.26 Å². The fourth-order valence-electron chi connectivity index (χ4n) is 2.48. The summed E-state index contributed by atoms with van der Waals surface area (Å²) in [4.78, 5) is 28.9. The monoisotopic (exact) mass is 410 g/mol. The van der Waals surface area contributed by atoms with Crippen molar-refractivity contribution in [2.75, 3.05) is 6.61 Å². The molecular formula is C21H15ClN2O3S. The molecule has 0 saturated heterocycles. The third-order valence-electron chi connectivity index (χ3n) is 3.94. The van der Waals surface area contributed by atoms with Gasteiger partial charge in [-0.1, -0.05) is 11.6 Å². The van der Waals surface area contributed by atoms with Gasteiger partial charge < -0.3 is 4.74 Å². The Bertz CT molecular complexity index is 1040. The molecule has 0 saturated carbocycles. The number of aryl methyl sites for hydroxylation is 1. The summed E-state index contributed by atoms with van der Waals surface area (Å²) < 4.78 is 5.48. The number of ether oxygens (including phenoxy) is 1. The minimum absolute atomic E-state index is 0.136. The van der Waals surface area contributed by atoms with Gasteiger partial charge in [0.1, 0.15) is 17.4 Å². The Morgan fingerprint density at radius 1 is 1.14 bits per heavy atom. The van der Waals surface area contributed by atoms with Gasteiger partial charge in [-0.25, -0.2) is 4.98 Å². The van der Waals surface area contributed by atoms with E-state index < -0.39 is 5.92 Å². The second kappa shape index (κ2) is 8.79. The van der Waals surface area contributed by atoms with Gasteiger partial charge in [0.15, 0.2) is 17.5 Å². The van der Waals surface area contributed by atoms with Crippen LogP contribution in [0, 0.1) is 18.3 Å². The standard InChI is InChI=1S/C21H15ClN2O3S/c1-13-12-28-21(24-13)18(10-23)19(25)11-27-17-8-4-15(5-9-17)20(26)14-2-6-16(22)7-3-14/h2-9,12,18H,11H2,1H3. The smallest absolute Gasteiger partial charge is 0.194 e. The van der Waals surface area contributed by atoms with Gasteiger partial charge in [0.05, 0.1) is 6.07 Å². The highest BCUT2D eigenvalue weighted by atomic mass is 35.5. The number of nitriles is 1. The topological polar surface area (TPSA) is 80.0 Å². The normalized spacial score (nSPS) is 11.5. The lowest BCUT2D eigenvalue weighted by Gasteiger charge is -2.08. The molecule has 0 amide bonds. The van der Waals surface area contributed by atoms with Crippen LogP contribution in [0.15, 0.2) is 53.9 Å². The highest BCUT2D eigenvalue weighted by Gasteiger charge is 2.23. The number of hydrogen-bond acceptors (Lipinski definition) is 6. The van der Waals surface area contributed by atoms with E-state index in [4.69, 9.17) is 16.3 Å². The SMILES string of the molecule is Cc1csc(C(C#N)C(=O)COc2ccc(C(=O)c3ccc(Cl)cc3)cc2)n1. The van der Waals surface area contributed by atoms with E-state index in [0.29, 0.717) is 26.9 Å². The number of carbonyl (C=O) groups excluding carboxylic acids is 2. The van der Waals surface area contributed by atoms with Crippen LogP contribution in [0.25, 0.3) is 0 Å². The molecule has 0 fully saturated rings. The Morgan fingerprint density at radius 2 is 1.75 bits per heavy atom. The van der Waals surface area contributed by atoms with E-state index in [1.807, 2.05) is 13.0 Å². The molecule has 7 heteroatoms.